The lowest BCUT2D eigenvalue weighted by atomic mass is 10.1. The number of carbonyl (C=O) groups excluding carboxylic acids is 1. The molecule has 3 N–H and O–H groups in total. The first-order valence-corrected chi connectivity index (χ1v) is 7.74. The fourth-order valence-electron chi connectivity index (χ4n) is 2.07. The third-order valence-corrected chi connectivity index (χ3v) is 3.90. The van der Waals surface area contributed by atoms with Crippen LogP contribution in [0.5, 0.6) is 0 Å². The Bertz CT molecular complexity index is 469. The summed E-state index contributed by atoms with van der Waals surface area (Å²) < 4.78 is 5.13. The third-order valence-electron chi connectivity index (χ3n) is 3.90. The molecule has 0 aliphatic carbocycles. The summed E-state index contributed by atoms with van der Waals surface area (Å²) in [6.45, 7) is 6.08. The molecule has 1 aromatic carbocycles. The van der Waals surface area contributed by atoms with E-state index in [-0.39, 0.29) is 36.8 Å². The minimum Gasteiger partial charge on any atom is -0.380 e. The molecule has 0 saturated heterocycles. The second-order valence-electron chi connectivity index (χ2n) is 5.85. The van der Waals surface area contributed by atoms with Crippen LogP contribution in [0.1, 0.15) is 31.4 Å². The number of carbonyl (C=O) groups is 1. The van der Waals surface area contributed by atoms with Crippen LogP contribution in [0.4, 0.5) is 0 Å². The van der Waals surface area contributed by atoms with Gasteiger partial charge in [-0.1, -0.05) is 24.3 Å². The van der Waals surface area contributed by atoms with Gasteiger partial charge in [0.05, 0.1) is 12.5 Å². The summed E-state index contributed by atoms with van der Waals surface area (Å²) in [6, 6.07) is 8.68. The van der Waals surface area contributed by atoms with Gasteiger partial charge in [0, 0.05) is 32.8 Å². The normalized spacial score (nSPS) is 11.6. The fraction of sp³-hybridized carbons (Fsp3) is 0.588. The molecule has 0 radical (unpaired) electrons. The van der Waals surface area contributed by atoms with Crippen LogP contribution in [-0.2, 0) is 22.6 Å². The zero-order chi connectivity index (χ0) is 16.5. The summed E-state index contributed by atoms with van der Waals surface area (Å²) in [5, 5.41) is 2.95. The predicted octanol–water partition coefficient (Wildman–Crippen LogP) is 2.35. The molecule has 0 aliphatic heterocycles. The summed E-state index contributed by atoms with van der Waals surface area (Å²) in [5.41, 5.74) is 7.92. The van der Waals surface area contributed by atoms with Crippen molar-refractivity contribution in [2.75, 3.05) is 20.7 Å². The number of halogens is 2. The first kappa shape index (κ1) is 25.4. The van der Waals surface area contributed by atoms with E-state index in [0.29, 0.717) is 25.6 Å². The van der Waals surface area contributed by atoms with Crippen LogP contribution < -0.4 is 11.1 Å². The summed E-state index contributed by atoms with van der Waals surface area (Å²) in [4.78, 5) is 14.2. The monoisotopic (exact) mass is 379 g/mol. The van der Waals surface area contributed by atoms with E-state index in [0.717, 1.165) is 12.1 Å². The van der Waals surface area contributed by atoms with Crippen molar-refractivity contribution in [3.05, 3.63) is 35.4 Å². The van der Waals surface area contributed by atoms with Crippen molar-refractivity contribution in [1.29, 1.82) is 0 Å². The average molecular weight is 380 g/mol. The number of hydrogen-bond donors (Lipinski definition) is 2. The zero-order valence-electron chi connectivity index (χ0n) is 15.0. The minimum absolute atomic E-state index is 0. The number of nitrogens with zero attached hydrogens (tertiary/aromatic N) is 1. The van der Waals surface area contributed by atoms with Crippen molar-refractivity contribution < 1.29 is 9.53 Å². The van der Waals surface area contributed by atoms with E-state index >= 15 is 0 Å². The van der Waals surface area contributed by atoms with Crippen molar-refractivity contribution >= 4 is 30.7 Å². The molecule has 0 aromatic heterocycles. The summed E-state index contributed by atoms with van der Waals surface area (Å²) >= 11 is 0. The lowest BCUT2D eigenvalue weighted by Gasteiger charge is -2.22. The number of nitrogens with one attached hydrogen (secondary N) is 1. The highest BCUT2D eigenvalue weighted by molar-refractivity contribution is 5.85. The van der Waals surface area contributed by atoms with Gasteiger partial charge in [0.25, 0.3) is 0 Å². The summed E-state index contributed by atoms with van der Waals surface area (Å²) in [5.74, 6) is -0.0377. The minimum atomic E-state index is -0.220. The number of ether oxygens (including phenoxy) is 1. The average Bonchev–Trinajstić information content (AvgIpc) is 2.51. The Morgan fingerprint density at radius 1 is 1.25 bits per heavy atom. The number of rotatable bonds is 9. The van der Waals surface area contributed by atoms with Gasteiger partial charge in [-0.15, -0.1) is 24.8 Å². The molecular weight excluding hydrogens is 349 g/mol. The molecule has 5 nitrogen and oxygen atoms in total. The highest BCUT2D eigenvalue weighted by atomic mass is 35.5. The Balaban J connectivity index is 0. The Morgan fingerprint density at radius 2 is 1.83 bits per heavy atom. The molecule has 0 fully saturated rings. The molecule has 24 heavy (non-hydrogen) atoms. The molecule has 0 spiro atoms. The van der Waals surface area contributed by atoms with Crippen molar-refractivity contribution in [3.63, 3.8) is 0 Å². The molecule has 1 amide bonds. The van der Waals surface area contributed by atoms with Crippen molar-refractivity contribution in [2.45, 2.75) is 45.5 Å². The second-order valence-corrected chi connectivity index (χ2v) is 5.85. The highest BCUT2D eigenvalue weighted by Gasteiger charge is 2.12. The molecule has 1 aromatic rings. The fourth-order valence-corrected chi connectivity index (χ4v) is 2.07. The number of benzene rings is 1. The Labute approximate surface area is 158 Å². The van der Waals surface area contributed by atoms with Gasteiger partial charge in [0.2, 0.25) is 5.91 Å². The molecule has 0 saturated carbocycles. The molecule has 1 rings (SSSR count). The molecule has 1 unspecified atom stereocenters. The van der Waals surface area contributed by atoms with Crippen molar-refractivity contribution in [2.24, 2.45) is 5.73 Å². The van der Waals surface area contributed by atoms with Crippen LogP contribution >= 0.6 is 24.8 Å². The Kier molecular flexibility index (Phi) is 14.2. The molecule has 7 heteroatoms. The lowest BCUT2D eigenvalue weighted by molar-refractivity contribution is -0.123. The standard InChI is InChI=1S/C17H29N3O2.2ClH/c1-13(2)20(3)12-15-8-6-5-7-14(15)11-19-17(21)9-16(10-18)22-4;;/h5-8,13,16H,9-12,18H2,1-4H3,(H,19,21);2*1H. The summed E-state index contributed by atoms with van der Waals surface area (Å²) in [6.07, 6.45) is 0.0726. The number of hydrogen-bond acceptors (Lipinski definition) is 4. The van der Waals surface area contributed by atoms with Gasteiger partial charge in [-0.2, -0.15) is 0 Å². The quantitative estimate of drug-likeness (QED) is 0.690. The van der Waals surface area contributed by atoms with E-state index in [1.807, 2.05) is 12.1 Å². The molecular formula is C17H31Cl2N3O2. The van der Waals surface area contributed by atoms with Gasteiger partial charge in [0.15, 0.2) is 0 Å². The van der Waals surface area contributed by atoms with E-state index in [2.05, 4.69) is 43.2 Å². The zero-order valence-corrected chi connectivity index (χ0v) is 16.6. The second kappa shape index (κ2) is 13.4. The van der Waals surface area contributed by atoms with Gasteiger partial charge in [0.1, 0.15) is 0 Å². The van der Waals surface area contributed by atoms with Crippen molar-refractivity contribution in [3.8, 4) is 0 Å². The van der Waals surface area contributed by atoms with Crippen LogP contribution in [0.2, 0.25) is 0 Å². The van der Waals surface area contributed by atoms with Crippen LogP contribution in [-0.4, -0.2) is 43.7 Å². The molecule has 0 heterocycles. The van der Waals surface area contributed by atoms with Crippen molar-refractivity contribution in [1.82, 2.24) is 10.2 Å². The smallest absolute Gasteiger partial charge is 0.222 e. The van der Waals surface area contributed by atoms with Crippen LogP contribution in [0.15, 0.2) is 24.3 Å². The van der Waals surface area contributed by atoms with E-state index in [1.165, 1.54) is 5.56 Å². The Morgan fingerprint density at radius 3 is 2.33 bits per heavy atom. The van der Waals surface area contributed by atoms with E-state index in [9.17, 15) is 4.79 Å². The number of amides is 1. The maximum Gasteiger partial charge on any atom is 0.222 e. The third kappa shape index (κ3) is 8.85. The van der Waals surface area contributed by atoms with Gasteiger partial charge in [-0.25, -0.2) is 0 Å². The van der Waals surface area contributed by atoms with Crippen LogP contribution in [0.25, 0.3) is 0 Å². The number of methoxy groups -OCH3 is 1. The van der Waals surface area contributed by atoms with Crippen LogP contribution in [0.3, 0.4) is 0 Å². The molecule has 1 atom stereocenters. The highest BCUT2D eigenvalue weighted by Crippen LogP contribution is 2.12. The van der Waals surface area contributed by atoms with E-state index in [1.54, 1.807) is 7.11 Å². The first-order chi connectivity index (χ1) is 10.5. The van der Waals surface area contributed by atoms with Gasteiger partial charge in [-0.05, 0) is 32.0 Å². The van der Waals surface area contributed by atoms with Gasteiger partial charge in [-0.3, -0.25) is 9.69 Å². The maximum atomic E-state index is 11.9. The maximum absolute atomic E-state index is 11.9. The predicted molar refractivity (Wildman–Crippen MR) is 104 cm³/mol. The van der Waals surface area contributed by atoms with E-state index < -0.39 is 0 Å². The van der Waals surface area contributed by atoms with E-state index in [4.69, 9.17) is 10.5 Å². The molecule has 140 valence electrons. The largest absolute Gasteiger partial charge is 0.380 e. The molecule has 0 bridgehead atoms. The Hall–Kier alpha value is -0.850. The van der Waals surface area contributed by atoms with Gasteiger partial charge < -0.3 is 15.8 Å². The SMILES string of the molecule is COC(CN)CC(=O)NCc1ccccc1CN(C)C(C)C.Cl.Cl. The molecule has 0 aliphatic rings. The van der Waals surface area contributed by atoms with Crippen LogP contribution in [0, 0.1) is 0 Å². The van der Waals surface area contributed by atoms with Gasteiger partial charge >= 0.3 is 0 Å². The topological polar surface area (TPSA) is 67.6 Å². The lowest BCUT2D eigenvalue weighted by Crippen LogP contribution is -2.32. The first-order valence-electron chi connectivity index (χ1n) is 7.74. The number of nitrogens with two attached hydrogens (primary N) is 1. The summed E-state index contributed by atoms with van der Waals surface area (Å²) in [7, 11) is 3.67.